The molecule has 0 bridgehead atoms. The van der Waals surface area contributed by atoms with Gasteiger partial charge in [-0.2, -0.15) is 0 Å². The van der Waals surface area contributed by atoms with Crippen LogP contribution in [0, 0.1) is 0 Å². The average Bonchev–Trinajstić information content (AvgIpc) is 2.84. The van der Waals surface area contributed by atoms with Crippen molar-refractivity contribution >= 4 is 23.3 Å². The Morgan fingerprint density at radius 2 is 1.32 bits per heavy atom. The van der Waals surface area contributed by atoms with E-state index in [1.54, 1.807) is 72.8 Å². The van der Waals surface area contributed by atoms with Gasteiger partial charge >= 0.3 is 0 Å². The third-order valence-corrected chi connectivity index (χ3v) is 5.46. The lowest BCUT2D eigenvalue weighted by atomic mass is 9.98. The van der Waals surface area contributed by atoms with Gasteiger partial charge < -0.3 is 10.2 Å². The molecule has 1 aliphatic rings. The fourth-order valence-corrected chi connectivity index (χ4v) is 3.83. The minimum atomic E-state index is -0.387. The maximum atomic E-state index is 13.0. The van der Waals surface area contributed by atoms with E-state index in [4.69, 9.17) is 0 Å². The number of rotatable bonds is 5. The van der Waals surface area contributed by atoms with Crippen LogP contribution >= 0.6 is 0 Å². The Hall–Kier alpha value is -3.73. The molecule has 5 nitrogen and oxygen atoms in total. The maximum absolute atomic E-state index is 13.0. The lowest BCUT2D eigenvalue weighted by molar-refractivity contribution is 0.0724. The van der Waals surface area contributed by atoms with Gasteiger partial charge in [-0.1, -0.05) is 54.6 Å². The van der Waals surface area contributed by atoms with Crippen molar-refractivity contribution < 1.29 is 14.4 Å². The van der Waals surface area contributed by atoms with Crippen LogP contribution in [-0.2, 0) is 0 Å². The number of carbonyl (C=O) groups is 3. The molecule has 0 atom stereocenters. The van der Waals surface area contributed by atoms with Crippen LogP contribution in [-0.4, -0.2) is 35.6 Å². The topological polar surface area (TPSA) is 66.5 Å². The van der Waals surface area contributed by atoms with Gasteiger partial charge in [0.1, 0.15) is 0 Å². The van der Waals surface area contributed by atoms with Crippen LogP contribution in [0.2, 0.25) is 0 Å². The lowest BCUT2D eigenvalue weighted by Crippen LogP contribution is -2.35. The van der Waals surface area contributed by atoms with E-state index in [0.717, 1.165) is 32.4 Å². The molecule has 0 aromatic heterocycles. The highest BCUT2D eigenvalue weighted by atomic mass is 16.2. The zero-order valence-electron chi connectivity index (χ0n) is 17.2. The first-order chi connectivity index (χ1) is 15.1. The average molecular weight is 412 g/mol. The third kappa shape index (κ3) is 4.72. The Morgan fingerprint density at radius 3 is 2.06 bits per heavy atom. The van der Waals surface area contributed by atoms with Crippen molar-refractivity contribution in [3.05, 3.63) is 101 Å². The number of nitrogens with one attached hydrogen (secondary N) is 1. The molecule has 3 aromatic rings. The quantitative estimate of drug-likeness (QED) is 0.613. The largest absolute Gasteiger partial charge is 0.339 e. The highest BCUT2D eigenvalue weighted by Gasteiger charge is 2.20. The first-order valence-corrected chi connectivity index (χ1v) is 10.5. The van der Waals surface area contributed by atoms with E-state index >= 15 is 0 Å². The highest BCUT2D eigenvalue weighted by Crippen LogP contribution is 2.19. The molecule has 3 aromatic carbocycles. The summed E-state index contributed by atoms with van der Waals surface area (Å²) in [6, 6.07) is 22.6. The number of hydrogen-bond donors (Lipinski definition) is 1. The molecule has 4 rings (SSSR count). The van der Waals surface area contributed by atoms with Gasteiger partial charge in [0.15, 0.2) is 5.78 Å². The number of hydrogen-bond acceptors (Lipinski definition) is 3. The van der Waals surface area contributed by atoms with E-state index in [2.05, 4.69) is 5.32 Å². The molecule has 1 aliphatic heterocycles. The Bertz CT molecular complexity index is 1100. The number of likely N-dealkylation sites (tertiary alicyclic amines) is 1. The van der Waals surface area contributed by atoms with Crippen LogP contribution in [0.5, 0.6) is 0 Å². The van der Waals surface area contributed by atoms with Crippen molar-refractivity contribution in [3.8, 4) is 0 Å². The number of piperidine rings is 1. The summed E-state index contributed by atoms with van der Waals surface area (Å²) in [6.45, 7) is 1.54. The van der Waals surface area contributed by atoms with Gasteiger partial charge in [0, 0.05) is 35.5 Å². The molecule has 1 heterocycles. The molecule has 0 spiro atoms. The predicted molar refractivity (Wildman–Crippen MR) is 120 cm³/mol. The van der Waals surface area contributed by atoms with Gasteiger partial charge in [0.25, 0.3) is 11.8 Å². The zero-order valence-corrected chi connectivity index (χ0v) is 17.2. The van der Waals surface area contributed by atoms with E-state index < -0.39 is 0 Å². The first kappa shape index (κ1) is 20.5. The highest BCUT2D eigenvalue weighted by molar-refractivity contribution is 6.17. The Balaban J connectivity index is 1.54. The van der Waals surface area contributed by atoms with Crippen LogP contribution < -0.4 is 5.32 Å². The van der Waals surface area contributed by atoms with E-state index in [0.29, 0.717) is 27.9 Å². The van der Waals surface area contributed by atoms with Gasteiger partial charge in [-0.3, -0.25) is 14.4 Å². The third-order valence-electron chi connectivity index (χ3n) is 5.46. The summed E-state index contributed by atoms with van der Waals surface area (Å²) in [5, 5.41) is 2.84. The molecule has 1 saturated heterocycles. The summed E-state index contributed by atoms with van der Waals surface area (Å²) < 4.78 is 0. The maximum Gasteiger partial charge on any atom is 0.256 e. The summed E-state index contributed by atoms with van der Waals surface area (Å²) in [5.41, 5.74) is 2.23. The van der Waals surface area contributed by atoms with Crippen molar-refractivity contribution in [1.29, 1.82) is 0 Å². The Kier molecular flexibility index (Phi) is 6.22. The second-order valence-corrected chi connectivity index (χ2v) is 7.63. The molecule has 2 amide bonds. The van der Waals surface area contributed by atoms with E-state index in [1.165, 1.54) is 0 Å². The monoisotopic (exact) mass is 412 g/mol. The molecular weight excluding hydrogens is 388 g/mol. The fourth-order valence-electron chi connectivity index (χ4n) is 3.83. The molecule has 5 heteroatoms. The lowest BCUT2D eigenvalue weighted by Gasteiger charge is -2.26. The number of benzene rings is 3. The summed E-state index contributed by atoms with van der Waals surface area (Å²) in [4.78, 5) is 40.5. The van der Waals surface area contributed by atoms with Gasteiger partial charge in [0.2, 0.25) is 0 Å². The minimum Gasteiger partial charge on any atom is -0.339 e. The van der Waals surface area contributed by atoms with E-state index in [-0.39, 0.29) is 17.6 Å². The second kappa shape index (κ2) is 9.39. The van der Waals surface area contributed by atoms with Crippen molar-refractivity contribution in [2.45, 2.75) is 19.3 Å². The van der Waals surface area contributed by atoms with Crippen LogP contribution in [0.3, 0.4) is 0 Å². The summed E-state index contributed by atoms with van der Waals surface area (Å²) >= 11 is 0. The van der Waals surface area contributed by atoms with Crippen molar-refractivity contribution in [3.63, 3.8) is 0 Å². The van der Waals surface area contributed by atoms with Crippen molar-refractivity contribution in [2.24, 2.45) is 0 Å². The van der Waals surface area contributed by atoms with E-state index in [1.807, 2.05) is 11.0 Å². The van der Waals surface area contributed by atoms with Crippen molar-refractivity contribution in [2.75, 3.05) is 18.4 Å². The summed E-state index contributed by atoms with van der Waals surface area (Å²) in [7, 11) is 0. The fraction of sp³-hybridized carbons (Fsp3) is 0.192. The molecule has 1 fully saturated rings. The number of carbonyl (C=O) groups excluding carboxylic acids is 3. The zero-order chi connectivity index (χ0) is 21.6. The molecule has 0 saturated carbocycles. The molecule has 0 unspecified atom stereocenters. The smallest absolute Gasteiger partial charge is 0.256 e. The molecule has 0 aliphatic carbocycles. The standard InChI is InChI=1S/C26H24N2O3/c29-24(19-10-3-1-4-11-19)22-14-5-6-15-23(22)25(30)27-21-13-9-12-20(18-21)26(31)28-16-7-2-8-17-28/h1,3-6,9-15,18H,2,7-8,16-17H2,(H,27,30). The molecule has 31 heavy (non-hydrogen) atoms. The first-order valence-electron chi connectivity index (χ1n) is 10.5. The number of amides is 2. The second-order valence-electron chi connectivity index (χ2n) is 7.63. The molecule has 1 N–H and O–H groups in total. The number of nitrogens with zero attached hydrogens (tertiary/aromatic N) is 1. The van der Waals surface area contributed by atoms with Gasteiger partial charge in [0.05, 0.1) is 5.56 Å². The summed E-state index contributed by atoms with van der Waals surface area (Å²) in [6.07, 6.45) is 3.20. The van der Waals surface area contributed by atoms with Gasteiger partial charge in [-0.15, -0.1) is 0 Å². The minimum absolute atomic E-state index is 0.0181. The SMILES string of the molecule is O=C(Nc1cccc(C(=O)N2CCCCC2)c1)c1ccccc1C(=O)c1ccccc1. The Morgan fingerprint density at radius 1 is 0.677 bits per heavy atom. The van der Waals surface area contributed by atoms with E-state index in [9.17, 15) is 14.4 Å². The Labute approximate surface area is 181 Å². The van der Waals surface area contributed by atoms with Crippen LogP contribution in [0.15, 0.2) is 78.9 Å². The molecular formula is C26H24N2O3. The normalized spacial score (nSPS) is 13.5. The van der Waals surface area contributed by atoms with Crippen LogP contribution in [0.4, 0.5) is 5.69 Å². The van der Waals surface area contributed by atoms with Crippen LogP contribution in [0.1, 0.15) is 55.9 Å². The molecule has 156 valence electrons. The van der Waals surface area contributed by atoms with Gasteiger partial charge in [-0.05, 0) is 43.5 Å². The predicted octanol–water partition coefficient (Wildman–Crippen LogP) is 4.80. The number of ketones is 1. The van der Waals surface area contributed by atoms with Crippen molar-refractivity contribution in [1.82, 2.24) is 4.90 Å². The molecule has 0 radical (unpaired) electrons. The van der Waals surface area contributed by atoms with Gasteiger partial charge in [-0.25, -0.2) is 0 Å². The summed E-state index contributed by atoms with van der Waals surface area (Å²) in [5.74, 6) is -0.613. The number of anilines is 1. The van der Waals surface area contributed by atoms with Crippen LogP contribution in [0.25, 0.3) is 0 Å².